The number of fused-ring (bicyclic) bond motifs is 1. The van der Waals surface area contributed by atoms with Crippen LogP contribution in [-0.2, 0) is 10.4 Å². The molecule has 0 spiro atoms. The molecular formula is C27H21NO2S. The van der Waals surface area contributed by atoms with E-state index >= 15 is 0 Å². The maximum Gasteiger partial charge on any atom is 0.185 e. The lowest BCUT2D eigenvalue weighted by molar-refractivity contribution is -0.115. The highest BCUT2D eigenvalue weighted by molar-refractivity contribution is 7.18. The van der Waals surface area contributed by atoms with E-state index < -0.39 is 5.60 Å². The molecule has 1 N–H and O–H groups in total. The Morgan fingerprint density at radius 1 is 0.774 bits per heavy atom. The molecule has 1 aromatic heterocycles. The predicted octanol–water partition coefficient (Wildman–Crippen LogP) is 6.01. The largest absolute Gasteiger partial charge is 0.382 e. The summed E-state index contributed by atoms with van der Waals surface area (Å²) in [6.45, 7) is 0. The van der Waals surface area contributed by atoms with Crippen molar-refractivity contribution in [2.75, 3.05) is 0 Å². The van der Waals surface area contributed by atoms with Gasteiger partial charge in [0.1, 0.15) is 10.6 Å². The van der Waals surface area contributed by atoms with E-state index in [0.717, 1.165) is 21.3 Å². The molecule has 0 saturated heterocycles. The summed E-state index contributed by atoms with van der Waals surface area (Å²) < 4.78 is 1.03. The minimum absolute atomic E-state index is 0.0153. The Morgan fingerprint density at radius 2 is 1.29 bits per heavy atom. The molecule has 31 heavy (non-hydrogen) atoms. The number of carbonyl (C=O) groups excluding carboxylic acids is 1. The van der Waals surface area contributed by atoms with E-state index in [2.05, 4.69) is 0 Å². The standard InChI is InChI=1S/C27H21NO2S/c29-25-21(15-19-9-3-1-4-10-19)17-27(30,18-22(25)16-20-11-5-2-6-12-20)26-28-23-13-7-8-14-24(23)31-26/h1-16,30H,17-18H2/b21-15+,22-16+. The van der Waals surface area contributed by atoms with Gasteiger partial charge in [-0.05, 0) is 35.4 Å². The molecule has 3 nitrogen and oxygen atoms in total. The molecule has 5 rings (SSSR count). The van der Waals surface area contributed by atoms with E-state index in [-0.39, 0.29) is 18.6 Å². The van der Waals surface area contributed by atoms with Gasteiger partial charge in [-0.1, -0.05) is 72.8 Å². The summed E-state index contributed by atoms with van der Waals surface area (Å²) >= 11 is 1.49. The molecule has 0 bridgehead atoms. The van der Waals surface area contributed by atoms with E-state index in [9.17, 15) is 9.90 Å². The van der Waals surface area contributed by atoms with Gasteiger partial charge in [-0.3, -0.25) is 4.79 Å². The summed E-state index contributed by atoms with van der Waals surface area (Å²) in [7, 11) is 0. The molecule has 1 saturated carbocycles. The van der Waals surface area contributed by atoms with Gasteiger partial charge in [0, 0.05) is 24.0 Å². The van der Waals surface area contributed by atoms with Gasteiger partial charge in [-0.15, -0.1) is 11.3 Å². The number of nitrogens with zero attached hydrogens (tertiary/aromatic N) is 1. The van der Waals surface area contributed by atoms with E-state index in [4.69, 9.17) is 4.98 Å². The van der Waals surface area contributed by atoms with E-state index in [1.54, 1.807) is 0 Å². The molecule has 4 heteroatoms. The first-order valence-electron chi connectivity index (χ1n) is 10.3. The van der Waals surface area contributed by atoms with Crippen LogP contribution in [0.25, 0.3) is 22.4 Å². The number of thiazole rings is 1. The van der Waals surface area contributed by atoms with Crippen LogP contribution < -0.4 is 0 Å². The average molecular weight is 424 g/mol. The fourth-order valence-corrected chi connectivity index (χ4v) is 5.07. The number of Topliss-reactive ketones (excluding diaryl/α,β-unsaturated/α-hetero) is 1. The third-order valence-corrected chi connectivity index (χ3v) is 6.75. The summed E-state index contributed by atoms with van der Waals surface area (Å²) in [5.74, 6) is -0.0153. The van der Waals surface area contributed by atoms with Gasteiger partial charge in [0.25, 0.3) is 0 Å². The van der Waals surface area contributed by atoms with E-state index in [1.807, 2.05) is 97.1 Å². The third-order valence-electron chi connectivity index (χ3n) is 5.52. The molecule has 0 amide bonds. The van der Waals surface area contributed by atoms with E-state index in [1.165, 1.54) is 11.3 Å². The maximum absolute atomic E-state index is 13.4. The van der Waals surface area contributed by atoms with Crippen LogP contribution in [0.2, 0.25) is 0 Å². The van der Waals surface area contributed by atoms with Gasteiger partial charge in [0.05, 0.1) is 10.2 Å². The fraction of sp³-hybridized carbons (Fsp3) is 0.111. The first kappa shape index (κ1) is 19.6. The molecule has 0 atom stereocenters. The first-order valence-corrected chi connectivity index (χ1v) is 11.1. The van der Waals surface area contributed by atoms with Crippen LogP contribution in [0.3, 0.4) is 0 Å². The van der Waals surface area contributed by atoms with Crippen molar-refractivity contribution in [1.29, 1.82) is 0 Å². The average Bonchev–Trinajstić information content (AvgIpc) is 3.24. The summed E-state index contributed by atoms with van der Waals surface area (Å²) in [5.41, 5.74) is 2.73. The van der Waals surface area contributed by atoms with Crippen molar-refractivity contribution in [3.05, 3.63) is 112 Å². The quantitative estimate of drug-likeness (QED) is 0.410. The fourth-order valence-electron chi connectivity index (χ4n) is 4.02. The smallest absolute Gasteiger partial charge is 0.185 e. The Kier molecular flexibility index (Phi) is 5.10. The second-order valence-electron chi connectivity index (χ2n) is 7.86. The van der Waals surface area contributed by atoms with Gasteiger partial charge in [-0.25, -0.2) is 4.98 Å². The molecule has 1 aliphatic carbocycles. The second kappa shape index (κ2) is 8.06. The number of benzene rings is 3. The Labute approximate surface area is 185 Å². The maximum atomic E-state index is 13.4. The Bertz CT molecular complexity index is 1210. The minimum Gasteiger partial charge on any atom is -0.382 e. The number of carbonyl (C=O) groups is 1. The molecule has 0 aliphatic heterocycles. The molecule has 4 aromatic rings. The van der Waals surface area contributed by atoms with Crippen molar-refractivity contribution in [3.63, 3.8) is 0 Å². The molecule has 152 valence electrons. The van der Waals surface area contributed by atoms with Crippen LogP contribution in [0, 0.1) is 0 Å². The van der Waals surface area contributed by atoms with Crippen molar-refractivity contribution in [3.8, 4) is 0 Å². The number of hydrogen-bond acceptors (Lipinski definition) is 4. The van der Waals surface area contributed by atoms with Crippen LogP contribution in [0.1, 0.15) is 29.0 Å². The van der Waals surface area contributed by atoms with E-state index in [0.29, 0.717) is 16.2 Å². The lowest BCUT2D eigenvalue weighted by Crippen LogP contribution is -2.34. The lowest BCUT2D eigenvalue weighted by Gasteiger charge is -2.32. The minimum atomic E-state index is -1.22. The van der Waals surface area contributed by atoms with Crippen molar-refractivity contribution < 1.29 is 9.90 Å². The van der Waals surface area contributed by atoms with Crippen molar-refractivity contribution in [2.24, 2.45) is 0 Å². The summed E-state index contributed by atoms with van der Waals surface area (Å²) in [6, 6.07) is 27.4. The van der Waals surface area contributed by atoms with Gasteiger partial charge in [0.15, 0.2) is 5.78 Å². The molecular weight excluding hydrogens is 402 g/mol. The Hall–Kier alpha value is -3.34. The first-order chi connectivity index (χ1) is 15.1. The Morgan fingerprint density at radius 3 is 1.84 bits per heavy atom. The lowest BCUT2D eigenvalue weighted by atomic mass is 9.77. The number of aliphatic hydroxyl groups is 1. The molecule has 0 radical (unpaired) electrons. The van der Waals surface area contributed by atoms with Crippen molar-refractivity contribution >= 4 is 39.5 Å². The van der Waals surface area contributed by atoms with Crippen molar-refractivity contribution in [1.82, 2.24) is 4.98 Å². The number of hydrogen-bond donors (Lipinski definition) is 1. The zero-order chi connectivity index (χ0) is 21.3. The summed E-state index contributed by atoms with van der Waals surface area (Å²) in [5, 5.41) is 12.4. The molecule has 1 fully saturated rings. The zero-order valence-corrected chi connectivity index (χ0v) is 17.7. The van der Waals surface area contributed by atoms with Gasteiger partial charge >= 0.3 is 0 Å². The summed E-state index contributed by atoms with van der Waals surface area (Å²) in [4.78, 5) is 18.1. The topological polar surface area (TPSA) is 50.2 Å². The zero-order valence-electron chi connectivity index (χ0n) is 16.9. The number of para-hydroxylation sites is 1. The Balaban J connectivity index is 1.62. The van der Waals surface area contributed by atoms with Gasteiger partial charge in [0.2, 0.25) is 0 Å². The predicted molar refractivity (Wildman–Crippen MR) is 127 cm³/mol. The van der Waals surface area contributed by atoms with Crippen LogP contribution in [-0.4, -0.2) is 15.9 Å². The normalized spacial score (nSPS) is 21.8. The molecule has 3 aromatic carbocycles. The molecule has 1 heterocycles. The van der Waals surface area contributed by atoms with Crippen LogP contribution in [0.15, 0.2) is 96.1 Å². The monoisotopic (exact) mass is 423 g/mol. The number of aromatic nitrogens is 1. The van der Waals surface area contributed by atoms with Gasteiger partial charge < -0.3 is 5.11 Å². The molecule has 1 aliphatic rings. The summed E-state index contributed by atoms with van der Waals surface area (Å²) in [6.07, 6.45) is 4.26. The van der Waals surface area contributed by atoms with Gasteiger partial charge in [-0.2, -0.15) is 0 Å². The number of ketones is 1. The number of rotatable bonds is 3. The van der Waals surface area contributed by atoms with Crippen molar-refractivity contribution in [2.45, 2.75) is 18.4 Å². The molecule has 0 unspecified atom stereocenters. The highest BCUT2D eigenvalue weighted by atomic mass is 32.1. The highest BCUT2D eigenvalue weighted by Crippen LogP contribution is 2.44. The van der Waals surface area contributed by atoms with Crippen LogP contribution in [0.5, 0.6) is 0 Å². The van der Waals surface area contributed by atoms with Crippen LogP contribution in [0.4, 0.5) is 0 Å². The van der Waals surface area contributed by atoms with Crippen LogP contribution >= 0.6 is 11.3 Å². The SMILES string of the molecule is O=C1/C(=C/c2ccccc2)CC(O)(c2nc3ccccc3s2)C/C1=C\c1ccccc1. The highest BCUT2D eigenvalue weighted by Gasteiger charge is 2.42. The third kappa shape index (κ3) is 4.00. The second-order valence-corrected chi connectivity index (χ2v) is 8.89.